The van der Waals surface area contributed by atoms with Crippen LogP contribution in [0.5, 0.6) is 5.75 Å². The van der Waals surface area contributed by atoms with Gasteiger partial charge in [0.05, 0.1) is 5.69 Å². The maximum atomic E-state index is 14.1. The molecule has 2 N–H and O–H groups in total. The number of halogens is 1. The number of rotatable bonds is 4. The van der Waals surface area contributed by atoms with Gasteiger partial charge in [-0.25, -0.2) is 4.39 Å². The van der Waals surface area contributed by atoms with Gasteiger partial charge in [-0.2, -0.15) is 0 Å². The van der Waals surface area contributed by atoms with Gasteiger partial charge < -0.3 is 15.4 Å². The van der Waals surface area contributed by atoms with Gasteiger partial charge in [-0.05, 0) is 37.1 Å². The van der Waals surface area contributed by atoms with Gasteiger partial charge in [0.25, 0.3) is 5.91 Å². The lowest BCUT2D eigenvalue weighted by atomic mass is 9.96. The molecular formula is C23H22FN3O4. The van der Waals surface area contributed by atoms with E-state index in [4.69, 9.17) is 10.5 Å². The normalized spacial score (nSPS) is 18.0. The van der Waals surface area contributed by atoms with E-state index in [9.17, 15) is 18.8 Å². The van der Waals surface area contributed by atoms with E-state index >= 15 is 0 Å². The molecule has 0 unspecified atom stereocenters. The summed E-state index contributed by atoms with van der Waals surface area (Å²) < 4.78 is 19.8. The summed E-state index contributed by atoms with van der Waals surface area (Å²) in [5.41, 5.74) is 6.04. The smallest absolute Gasteiger partial charge is 0.294 e. The molecule has 7 nitrogen and oxygen atoms in total. The lowest BCUT2D eigenvalue weighted by Crippen LogP contribution is -2.48. The Morgan fingerprint density at radius 3 is 2.48 bits per heavy atom. The minimum atomic E-state index is -0.526. The molecule has 2 heterocycles. The van der Waals surface area contributed by atoms with E-state index in [0.29, 0.717) is 37.4 Å². The molecule has 2 aliphatic rings. The molecule has 31 heavy (non-hydrogen) atoms. The zero-order chi connectivity index (χ0) is 22.0. The van der Waals surface area contributed by atoms with Crippen molar-refractivity contribution in [3.8, 4) is 5.75 Å². The molecule has 0 aromatic heterocycles. The van der Waals surface area contributed by atoms with E-state index in [1.165, 1.54) is 23.1 Å². The number of likely N-dealkylation sites (tertiary alicyclic amines) is 1. The number of carbonyl (C=O) groups excluding carboxylic acids is 3. The molecule has 0 spiro atoms. The van der Waals surface area contributed by atoms with Crippen LogP contribution in [0.2, 0.25) is 0 Å². The number of nitrogens with two attached hydrogens (primary N) is 1. The number of hydrogen-bond donors (Lipinski definition) is 1. The lowest BCUT2D eigenvalue weighted by Gasteiger charge is -2.34. The van der Waals surface area contributed by atoms with Crippen molar-refractivity contribution in [1.82, 2.24) is 4.90 Å². The monoisotopic (exact) mass is 423 g/mol. The molecule has 0 aliphatic carbocycles. The van der Waals surface area contributed by atoms with Gasteiger partial charge in [0, 0.05) is 24.6 Å². The molecule has 0 bridgehead atoms. The van der Waals surface area contributed by atoms with Crippen molar-refractivity contribution in [3.63, 3.8) is 0 Å². The summed E-state index contributed by atoms with van der Waals surface area (Å²) in [5, 5.41) is 0. The van der Waals surface area contributed by atoms with Gasteiger partial charge in [0.2, 0.25) is 11.8 Å². The Bertz CT molecular complexity index is 1060. The second kappa shape index (κ2) is 8.59. The van der Waals surface area contributed by atoms with Crippen LogP contribution in [-0.4, -0.2) is 42.3 Å². The first-order valence-electron chi connectivity index (χ1n) is 10.1. The zero-order valence-electron chi connectivity index (χ0n) is 16.8. The molecule has 4 rings (SSSR count). The van der Waals surface area contributed by atoms with Crippen LogP contribution in [0.4, 0.5) is 10.1 Å². The van der Waals surface area contributed by atoms with Crippen molar-refractivity contribution in [2.75, 3.05) is 24.5 Å². The van der Waals surface area contributed by atoms with Crippen molar-refractivity contribution in [2.45, 2.75) is 12.8 Å². The number of para-hydroxylation sites is 2. The van der Waals surface area contributed by atoms with Crippen molar-refractivity contribution in [2.24, 2.45) is 11.7 Å². The lowest BCUT2D eigenvalue weighted by molar-refractivity contribution is -0.134. The topological polar surface area (TPSA) is 92.9 Å². The summed E-state index contributed by atoms with van der Waals surface area (Å²) in [4.78, 5) is 40.4. The van der Waals surface area contributed by atoms with E-state index in [1.54, 1.807) is 41.3 Å². The standard InChI is InChI=1S/C23H22FN3O4/c24-17-6-2-1-5-16(17)13-20-23(30)27(18-7-3-4-8-19(18)31-20)14-21(28)26-11-9-15(10-12-26)22(25)29/h1-8,13,15H,9-12,14H2,(H2,25,29). The molecule has 0 radical (unpaired) electrons. The number of anilines is 1. The van der Waals surface area contributed by atoms with E-state index in [0.717, 1.165) is 0 Å². The highest BCUT2D eigenvalue weighted by molar-refractivity contribution is 6.12. The molecule has 160 valence electrons. The number of ether oxygens (including phenoxy) is 1. The molecule has 2 aliphatic heterocycles. The van der Waals surface area contributed by atoms with Crippen LogP contribution in [0.15, 0.2) is 54.3 Å². The molecule has 2 aromatic rings. The highest BCUT2D eigenvalue weighted by atomic mass is 19.1. The van der Waals surface area contributed by atoms with Gasteiger partial charge in [-0.1, -0.05) is 30.3 Å². The summed E-state index contributed by atoms with van der Waals surface area (Å²) in [6, 6.07) is 12.9. The third-order valence-electron chi connectivity index (χ3n) is 5.57. The Balaban J connectivity index is 1.57. The highest BCUT2D eigenvalue weighted by Gasteiger charge is 2.34. The van der Waals surface area contributed by atoms with E-state index in [-0.39, 0.29) is 35.6 Å². The summed E-state index contributed by atoms with van der Waals surface area (Å²) in [6.45, 7) is 0.629. The quantitative estimate of drug-likeness (QED) is 0.764. The van der Waals surface area contributed by atoms with Crippen molar-refractivity contribution in [3.05, 3.63) is 65.7 Å². The fourth-order valence-electron chi connectivity index (χ4n) is 3.80. The second-order valence-corrected chi connectivity index (χ2v) is 7.55. The number of nitrogens with zero attached hydrogens (tertiary/aromatic N) is 2. The Hall–Kier alpha value is -3.68. The maximum Gasteiger partial charge on any atom is 0.294 e. The molecule has 0 saturated carbocycles. The number of primary amides is 1. The van der Waals surface area contributed by atoms with E-state index in [2.05, 4.69) is 0 Å². The van der Waals surface area contributed by atoms with Crippen LogP contribution in [0, 0.1) is 11.7 Å². The summed E-state index contributed by atoms with van der Waals surface area (Å²) >= 11 is 0. The van der Waals surface area contributed by atoms with Crippen LogP contribution in [0.3, 0.4) is 0 Å². The first kappa shape index (κ1) is 20.6. The average Bonchev–Trinajstić information content (AvgIpc) is 2.78. The van der Waals surface area contributed by atoms with Gasteiger partial charge >= 0.3 is 0 Å². The third kappa shape index (κ3) is 4.28. The number of amides is 3. The summed E-state index contributed by atoms with van der Waals surface area (Å²) in [5.74, 6) is -1.49. The van der Waals surface area contributed by atoms with Crippen molar-refractivity contribution in [1.29, 1.82) is 0 Å². The molecular weight excluding hydrogens is 401 g/mol. The Kier molecular flexibility index (Phi) is 5.70. The van der Waals surface area contributed by atoms with Crippen LogP contribution in [0.25, 0.3) is 6.08 Å². The van der Waals surface area contributed by atoms with Gasteiger partial charge in [0.1, 0.15) is 12.4 Å². The first-order valence-corrected chi connectivity index (χ1v) is 10.1. The maximum absolute atomic E-state index is 14.1. The number of benzene rings is 2. The van der Waals surface area contributed by atoms with Crippen LogP contribution < -0.4 is 15.4 Å². The van der Waals surface area contributed by atoms with Crippen LogP contribution in [-0.2, 0) is 14.4 Å². The number of piperidine rings is 1. The van der Waals surface area contributed by atoms with Crippen molar-refractivity contribution < 1.29 is 23.5 Å². The van der Waals surface area contributed by atoms with Crippen LogP contribution >= 0.6 is 0 Å². The van der Waals surface area contributed by atoms with Gasteiger partial charge in [0.15, 0.2) is 11.5 Å². The summed E-state index contributed by atoms with van der Waals surface area (Å²) in [7, 11) is 0. The first-order chi connectivity index (χ1) is 14.9. The number of fused-ring (bicyclic) bond motifs is 1. The Morgan fingerprint density at radius 1 is 1.10 bits per heavy atom. The minimum Gasteiger partial charge on any atom is -0.449 e. The SMILES string of the molecule is NC(=O)C1CCN(C(=O)CN2C(=O)C(=Cc3ccccc3F)Oc3ccccc32)CC1. The van der Waals surface area contributed by atoms with E-state index in [1.807, 2.05) is 0 Å². The molecule has 0 atom stereocenters. The van der Waals surface area contributed by atoms with E-state index < -0.39 is 11.7 Å². The average molecular weight is 423 g/mol. The van der Waals surface area contributed by atoms with Gasteiger partial charge in [-0.3, -0.25) is 19.3 Å². The van der Waals surface area contributed by atoms with Gasteiger partial charge in [-0.15, -0.1) is 0 Å². The minimum absolute atomic E-state index is 0.0657. The second-order valence-electron chi connectivity index (χ2n) is 7.55. The molecule has 3 amide bonds. The predicted molar refractivity (Wildman–Crippen MR) is 112 cm³/mol. The largest absolute Gasteiger partial charge is 0.449 e. The zero-order valence-corrected chi connectivity index (χ0v) is 16.8. The fraction of sp³-hybridized carbons (Fsp3) is 0.261. The number of hydrogen-bond acceptors (Lipinski definition) is 4. The van der Waals surface area contributed by atoms with Crippen LogP contribution in [0.1, 0.15) is 18.4 Å². The molecule has 1 fully saturated rings. The third-order valence-corrected chi connectivity index (χ3v) is 5.57. The Morgan fingerprint density at radius 2 is 1.77 bits per heavy atom. The predicted octanol–water partition coefficient (Wildman–Crippen LogP) is 2.32. The van der Waals surface area contributed by atoms with Crippen molar-refractivity contribution >= 4 is 29.5 Å². The highest BCUT2D eigenvalue weighted by Crippen LogP contribution is 2.35. The summed E-state index contributed by atoms with van der Waals surface area (Å²) in [6.07, 6.45) is 2.35. The fourth-order valence-corrected chi connectivity index (χ4v) is 3.80. The number of carbonyl (C=O) groups is 3. The molecule has 8 heteroatoms. The molecule has 1 saturated heterocycles. The Labute approximate surface area is 178 Å². The molecule has 2 aromatic carbocycles.